The molecule has 7 rings (SSSR count). The second-order valence-electron chi connectivity index (χ2n) is 10.8. The molecule has 4 aliphatic carbocycles. The van der Waals surface area contributed by atoms with Crippen LogP contribution < -0.4 is 19.7 Å². The van der Waals surface area contributed by atoms with Gasteiger partial charge in [-0.25, -0.2) is 9.69 Å². The lowest BCUT2D eigenvalue weighted by Gasteiger charge is -2.57. The zero-order valence-corrected chi connectivity index (χ0v) is 20.6. The monoisotopic (exact) mass is 486 g/mol. The SMILES string of the molecule is COc1cccc(/C=C2\C(=O)NC(=O)N(c3ccc(C45CC6CC(CC(C6)C4)C5)cc3)C2=O)c1OC. The third-order valence-electron chi connectivity index (χ3n) is 8.61. The summed E-state index contributed by atoms with van der Waals surface area (Å²) in [6.45, 7) is 0. The number of methoxy groups -OCH3 is 2. The largest absolute Gasteiger partial charge is 0.493 e. The molecule has 0 spiro atoms. The summed E-state index contributed by atoms with van der Waals surface area (Å²) < 4.78 is 10.8. The number of ether oxygens (including phenoxy) is 2. The van der Waals surface area contributed by atoms with Crippen LogP contribution in [0.5, 0.6) is 11.5 Å². The maximum Gasteiger partial charge on any atom is 0.335 e. The molecule has 1 heterocycles. The Kier molecular flexibility index (Phi) is 5.39. The van der Waals surface area contributed by atoms with Crippen molar-refractivity contribution < 1.29 is 23.9 Å². The highest BCUT2D eigenvalue weighted by atomic mass is 16.5. The van der Waals surface area contributed by atoms with Crippen LogP contribution >= 0.6 is 0 Å². The predicted octanol–water partition coefficient (Wildman–Crippen LogP) is 4.84. The van der Waals surface area contributed by atoms with Crippen LogP contribution in [-0.4, -0.2) is 32.1 Å². The molecule has 0 aromatic heterocycles. The fourth-order valence-corrected chi connectivity index (χ4v) is 7.50. The topological polar surface area (TPSA) is 84.9 Å². The van der Waals surface area contributed by atoms with Gasteiger partial charge in [-0.3, -0.25) is 14.9 Å². The average molecular weight is 487 g/mol. The number of anilines is 1. The lowest BCUT2D eigenvalue weighted by Crippen LogP contribution is -2.54. The molecule has 5 aliphatic rings. The van der Waals surface area contributed by atoms with Crippen molar-refractivity contribution in [3.05, 3.63) is 59.2 Å². The van der Waals surface area contributed by atoms with Crippen molar-refractivity contribution in [3.63, 3.8) is 0 Å². The molecule has 1 saturated heterocycles. The smallest absolute Gasteiger partial charge is 0.335 e. The molecule has 186 valence electrons. The van der Waals surface area contributed by atoms with E-state index in [0.29, 0.717) is 22.7 Å². The van der Waals surface area contributed by atoms with Gasteiger partial charge in [0.2, 0.25) is 0 Å². The highest BCUT2D eigenvalue weighted by Gasteiger charge is 2.51. The Labute approximate surface area is 210 Å². The van der Waals surface area contributed by atoms with E-state index in [1.165, 1.54) is 64.4 Å². The van der Waals surface area contributed by atoms with Gasteiger partial charge in [0.15, 0.2) is 11.5 Å². The third kappa shape index (κ3) is 3.60. The van der Waals surface area contributed by atoms with Crippen LogP contribution in [-0.2, 0) is 15.0 Å². The number of nitrogens with zero attached hydrogens (tertiary/aromatic N) is 1. The van der Waals surface area contributed by atoms with Gasteiger partial charge >= 0.3 is 6.03 Å². The second-order valence-corrected chi connectivity index (χ2v) is 10.8. The van der Waals surface area contributed by atoms with Gasteiger partial charge in [-0.1, -0.05) is 24.3 Å². The van der Waals surface area contributed by atoms with Gasteiger partial charge in [-0.2, -0.15) is 0 Å². The summed E-state index contributed by atoms with van der Waals surface area (Å²) in [4.78, 5) is 39.8. The Hall–Kier alpha value is -3.61. The number of hydrogen-bond acceptors (Lipinski definition) is 5. The van der Waals surface area contributed by atoms with Gasteiger partial charge in [0.1, 0.15) is 5.57 Å². The summed E-state index contributed by atoms with van der Waals surface area (Å²) in [5, 5.41) is 2.30. The zero-order valence-electron chi connectivity index (χ0n) is 20.6. The lowest BCUT2D eigenvalue weighted by atomic mass is 9.48. The number of rotatable bonds is 5. The number of para-hydroxylation sites is 1. The van der Waals surface area contributed by atoms with Gasteiger partial charge in [0, 0.05) is 5.56 Å². The van der Waals surface area contributed by atoms with Crippen LogP contribution in [0.2, 0.25) is 0 Å². The molecule has 1 N–H and O–H groups in total. The first-order valence-corrected chi connectivity index (χ1v) is 12.6. The number of carbonyl (C=O) groups is 3. The molecule has 7 nitrogen and oxygen atoms in total. The summed E-state index contributed by atoms with van der Waals surface area (Å²) in [5.41, 5.74) is 2.34. The zero-order chi connectivity index (χ0) is 25.0. The van der Waals surface area contributed by atoms with Crippen molar-refractivity contribution in [1.29, 1.82) is 0 Å². The molecule has 5 fully saturated rings. The number of amides is 4. The van der Waals surface area contributed by atoms with Crippen molar-refractivity contribution in [2.45, 2.75) is 43.9 Å². The molecule has 4 amide bonds. The minimum atomic E-state index is -0.748. The van der Waals surface area contributed by atoms with Gasteiger partial charge in [0.05, 0.1) is 19.9 Å². The molecule has 1 aliphatic heterocycles. The molecule has 0 atom stereocenters. The molecule has 4 saturated carbocycles. The summed E-state index contributed by atoms with van der Waals surface area (Å²) in [6.07, 6.45) is 9.28. The molecule has 2 aromatic carbocycles. The molecule has 0 unspecified atom stereocenters. The van der Waals surface area contributed by atoms with Crippen LogP contribution in [0, 0.1) is 17.8 Å². The van der Waals surface area contributed by atoms with Crippen LogP contribution in [0.15, 0.2) is 48.0 Å². The Balaban J connectivity index is 1.31. The number of carbonyl (C=O) groups excluding carboxylic acids is 3. The van der Waals surface area contributed by atoms with Gasteiger partial charge < -0.3 is 9.47 Å². The molecule has 0 radical (unpaired) electrons. The van der Waals surface area contributed by atoms with E-state index in [1.807, 2.05) is 12.1 Å². The second kappa shape index (κ2) is 8.50. The summed E-state index contributed by atoms with van der Waals surface area (Å²) >= 11 is 0. The molecule has 36 heavy (non-hydrogen) atoms. The van der Waals surface area contributed by atoms with E-state index in [4.69, 9.17) is 9.47 Å². The summed E-state index contributed by atoms with van der Waals surface area (Å²) in [5.74, 6) is 1.96. The van der Waals surface area contributed by atoms with Gasteiger partial charge in [-0.15, -0.1) is 0 Å². The first-order valence-electron chi connectivity index (χ1n) is 12.6. The Morgan fingerprint density at radius 1 is 0.889 bits per heavy atom. The number of benzene rings is 2. The van der Waals surface area contributed by atoms with E-state index in [-0.39, 0.29) is 11.0 Å². The highest BCUT2D eigenvalue weighted by molar-refractivity contribution is 6.39. The third-order valence-corrected chi connectivity index (χ3v) is 8.61. The van der Waals surface area contributed by atoms with E-state index in [0.717, 1.165) is 22.7 Å². The highest BCUT2D eigenvalue weighted by Crippen LogP contribution is 2.60. The Bertz CT molecular complexity index is 1240. The molecular formula is C29H30N2O5. The van der Waals surface area contributed by atoms with Gasteiger partial charge in [0.25, 0.3) is 11.8 Å². The Morgan fingerprint density at radius 3 is 2.11 bits per heavy atom. The fourth-order valence-electron chi connectivity index (χ4n) is 7.50. The summed E-state index contributed by atoms with van der Waals surface area (Å²) in [6, 6.07) is 12.3. The fraction of sp³-hybridized carbons (Fsp3) is 0.414. The molecule has 2 aromatic rings. The quantitative estimate of drug-likeness (QED) is 0.483. The van der Waals surface area contributed by atoms with Crippen LogP contribution in [0.1, 0.15) is 49.7 Å². The first-order chi connectivity index (χ1) is 17.4. The van der Waals surface area contributed by atoms with E-state index in [1.54, 1.807) is 18.2 Å². The van der Waals surface area contributed by atoms with Crippen LogP contribution in [0.25, 0.3) is 6.08 Å². The van der Waals surface area contributed by atoms with Crippen LogP contribution in [0.4, 0.5) is 10.5 Å². The number of barbiturate groups is 1. The predicted molar refractivity (Wildman–Crippen MR) is 135 cm³/mol. The minimum absolute atomic E-state index is 0.147. The first kappa shape index (κ1) is 22.8. The lowest BCUT2D eigenvalue weighted by molar-refractivity contribution is -0.122. The van der Waals surface area contributed by atoms with Crippen molar-refractivity contribution in [1.82, 2.24) is 5.32 Å². The van der Waals surface area contributed by atoms with E-state index in [2.05, 4.69) is 17.4 Å². The normalized spacial score (nSPS) is 30.1. The number of nitrogens with one attached hydrogen (secondary N) is 1. The van der Waals surface area contributed by atoms with E-state index in [9.17, 15) is 14.4 Å². The molecule has 4 bridgehead atoms. The van der Waals surface area contributed by atoms with Gasteiger partial charge in [-0.05, 0) is 91.5 Å². The average Bonchev–Trinajstić information content (AvgIpc) is 2.85. The standard InChI is InChI=1S/C29H30N2O5/c1-35-24-5-3-4-20(25(24)36-2)13-23-26(32)30-28(34)31(27(23)33)22-8-6-21(7-9-22)29-14-17-10-18(15-29)12-19(11-17)16-29/h3-9,13,17-19H,10-12,14-16H2,1-2H3,(H,30,32,34)/b23-13+. The molecule has 7 heteroatoms. The maximum absolute atomic E-state index is 13.4. The van der Waals surface area contributed by atoms with E-state index >= 15 is 0 Å². The number of urea groups is 1. The van der Waals surface area contributed by atoms with E-state index < -0.39 is 17.8 Å². The van der Waals surface area contributed by atoms with Crippen LogP contribution in [0.3, 0.4) is 0 Å². The van der Waals surface area contributed by atoms with Crippen molar-refractivity contribution in [2.75, 3.05) is 19.1 Å². The van der Waals surface area contributed by atoms with Crippen molar-refractivity contribution >= 4 is 29.6 Å². The molecular weight excluding hydrogens is 456 g/mol. The Morgan fingerprint density at radius 2 is 1.53 bits per heavy atom. The van der Waals surface area contributed by atoms with Crippen molar-refractivity contribution in [3.8, 4) is 11.5 Å². The minimum Gasteiger partial charge on any atom is -0.493 e. The van der Waals surface area contributed by atoms with Crippen molar-refractivity contribution in [2.24, 2.45) is 17.8 Å². The number of imide groups is 2. The maximum atomic E-state index is 13.4. The summed E-state index contributed by atoms with van der Waals surface area (Å²) in [7, 11) is 3.00. The number of hydrogen-bond donors (Lipinski definition) is 1.